The largest absolute Gasteiger partial charge is 0.491 e. The van der Waals surface area contributed by atoms with Crippen LogP contribution >= 0.6 is 0 Å². The Kier molecular flexibility index (Phi) is 17.4. The van der Waals surface area contributed by atoms with Crippen molar-refractivity contribution >= 4 is 0 Å². The van der Waals surface area contributed by atoms with Gasteiger partial charge in [0, 0.05) is 11.1 Å². The van der Waals surface area contributed by atoms with Gasteiger partial charge < -0.3 is 4.74 Å². The van der Waals surface area contributed by atoms with Gasteiger partial charge in [0.1, 0.15) is 5.83 Å². The molecule has 40 heavy (non-hydrogen) atoms. The molecule has 0 aliphatic carbocycles. The highest BCUT2D eigenvalue weighted by Gasteiger charge is 2.16. The van der Waals surface area contributed by atoms with Crippen LogP contribution in [0.1, 0.15) is 67.2 Å². The van der Waals surface area contributed by atoms with Gasteiger partial charge in [-0.25, -0.2) is 8.78 Å². The van der Waals surface area contributed by atoms with E-state index in [0.717, 1.165) is 12.0 Å². The molecule has 1 nitrogen and oxygen atoms in total. The number of hydrogen-bond acceptors (Lipinski definition) is 1. The van der Waals surface area contributed by atoms with Gasteiger partial charge in [0.15, 0.2) is 11.6 Å². The maximum atomic E-state index is 14.9. The minimum atomic E-state index is -1.24. The third-order valence-corrected chi connectivity index (χ3v) is 6.82. The molecule has 2 atom stereocenters. The molecule has 2 unspecified atom stereocenters. The Morgan fingerprint density at radius 1 is 0.775 bits per heavy atom. The average molecular weight is 555 g/mol. The molecule has 0 saturated heterocycles. The SMILES string of the molecule is C=C(/C=C\C(=C)C(=C)/C(F)=C(/F)C(=C)OCC/C=C\C)C(=C)/C=C(/F)C(=C)/C(C)=C/CC(C)C(C)CCC(C)C. The van der Waals surface area contributed by atoms with Gasteiger partial charge in [0.25, 0.3) is 0 Å². The summed E-state index contributed by atoms with van der Waals surface area (Å²) in [5.41, 5.74) is 1.57. The smallest absolute Gasteiger partial charge is 0.200 e. The molecule has 0 heterocycles. The van der Waals surface area contributed by atoms with Gasteiger partial charge in [0.2, 0.25) is 5.83 Å². The van der Waals surface area contributed by atoms with Crippen LogP contribution in [0.15, 0.2) is 133 Å². The van der Waals surface area contributed by atoms with Crippen molar-refractivity contribution in [1.29, 1.82) is 0 Å². The molecule has 0 spiro atoms. The quantitative estimate of drug-likeness (QED) is 0.0668. The van der Waals surface area contributed by atoms with Crippen LogP contribution in [0.5, 0.6) is 0 Å². The molecule has 0 saturated carbocycles. The molecule has 0 aliphatic rings. The van der Waals surface area contributed by atoms with Gasteiger partial charge in [-0.15, -0.1) is 0 Å². The number of ether oxygens (including phenoxy) is 1. The second-order valence-corrected chi connectivity index (χ2v) is 10.7. The number of halogens is 3. The normalized spacial score (nSPS) is 14.8. The Labute approximate surface area is 242 Å². The molecule has 0 fully saturated rings. The zero-order valence-corrected chi connectivity index (χ0v) is 25.5. The van der Waals surface area contributed by atoms with Crippen LogP contribution in [0.4, 0.5) is 13.2 Å². The highest BCUT2D eigenvalue weighted by molar-refractivity contribution is 5.53. The van der Waals surface area contributed by atoms with E-state index in [4.69, 9.17) is 4.74 Å². The van der Waals surface area contributed by atoms with Crippen LogP contribution in [0, 0.1) is 17.8 Å². The summed E-state index contributed by atoms with van der Waals surface area (Å²) < 4.78 is 49.0. The Balaban J connectivity index is 5.18. The third-order valence-electron chi connectivity index (χ3n) is 6.82. The summed E-state index contributed by atoms with van der Waals surface area (Å²) in [5, 5.41) is 0. The van der Waals surface area contributed by atoms with E-state index in [0.29, 0.717) is 35.3 Å². The average Bonchev–Trinajstić information content (AvgIpc) is 2.92. The lowest BCUT2D eigenvalue weighted by atomic mass is 9.86. The summed E-state index contributed by atoms with van der Waals surface area (Å²) in [5.74, 6) is -1.64. The molecule has 0 N–H and O–H groups in total. The fraction of sp³-hybridized carbons (Fsp3) is 0.389. The first-order valence-corrected chi connectivity index (χ1v) is 13.8. The standard InChI is InChI=1S/C36H49F3O/c1-13-14-15-22-40-33(12)36(39)35(38)32(11)29(8)21-19-27(6)30(9)23-34(37)31(10)28(7)20-18-26(5)25(4)17-16-24(2)3/h13-14,19-21,23-26H,6,8-12,15-18,22H2,1-5,7H3/b14-13-,21-19-,28-20+,34-23+,36-35-. The van der Waals surface area contributed by atoms with Crippen LogP contribution < -0.4 is 0 Å². The monoisotopic (exact) mass is 554 g/mol. The van der Waals surface area contributed by atoms with E-state index in [9.17, 15) is 13.2 Å². The summed E-state index contributed by atoms with van der Waals surface area (Å²) >= 11 is 0. The van der Waals surface area contributed by atoms with Crippen LogP contribution in [0.2, 0.25) is 0 Å². The number of hydrogen-bond donors (Lipinski definition) is 0. The molecule has 0 aromatic rings. The summed E-state index contributed by atoms with van der Waals surface area (Å²) in [7, 11) is 0. The molecular formula is C36H49F3O. The van der Waals surface area contributed by atoms with Gasteiger partial charge in [-0.2, -0.15) is 4.39 Å². The maximum Gasteiger partial charge on any atom is 0.200 e. The molecule has 0 aromatic heterocycles. The van der Waals surface area contributed by atoms with Crippen molar-refractivity contribution in [2.45, 2.75) is 67.2 Å². The van der Waals surface area contributed by atoms with Crippen molar-refractivity contribution < 1.29 is 17.9 Å². The first kappa shape index (κ1) is 36.7. The number of rotatable bonds is 19. The minimum Gasteiger partial charge on any atom is -0.491 e. The van der Waals surface area contributed by atoms with Crippen molar-refractivity contribution in [3.8, 4) is 0 Å². The minimum absolute atomic E-state index is 0.104. The van der Waals surface area contributed by atoms with Crippen LogP contribution in [0.3, 0.4) is 0 Å². The molecule has 0 bridgehead atoms. The van der Waals surface area contributed by atoms with Crippen molar-refractivity contribution in [3.63, 3.8) is 0 Å². The lowest BCUT2D eigenvalue weighted by Gasteiger charge is -2.20. The van der Waals surface area contributed by atoms with Crippen molar-refractivity contribution in [2.75, 3.05) is 6.61 Å². The molecule has 220 valence electrons. The van der Waals surface area contributed by atoms with Crippen molar-refractivity contribution in [3.05, 3.63) is 133 Å². The summed E-state index contributed by atoms with van der Waals surface area (Å²) in [6, 6.07) is 0. The van der Waals surface area contributed by atoms with Crippen LogP contribution in [0.25, 0.3) is 0 Å². The molecule has 4 heteroatoms. The second-order valence-electron chi connectivity index (χ2n) is 10.7. The molecule has 0 amide bonds. The van der Waals surface area contributed by atoms with Crippen LogP contribution in [-0.4, -0.2) is 6.61 Å². The third kappa shape index (κ3) is 13.7. The molecular weight excluding hydrogens is 505 g/mol. The molecule has 0 radical (unpaired) electrons. The fourth-order valence-electron chi connectivity index (χ4n) is 3.40. The highest BCUT2D eigenvalue weighted by atomic mass is 19.2. The van der Waals surface area contributed by atoms with Gasteiger partial charge in [-0.3, -0.25) is 0 Å². The van der Waals surface area contributed by atoms with E-state index in [1.54, 1.807) is 0 Å². The molecule has 0 rings (SSSR count). The van der Waals surface area contributed by atoms with Gasteiger partial charge in [0.05, 0.1) is 6.61 Å². The molecule has 0 aliphatic heterocycles. The Hall–Kier alpha value is -3.27. The van der Waals surface area contributed by atoms with E-state index in [2.05, 4.69) is 67.2 Å². The Morgan fingerprint density at radius 3 is 1.95 bits per heavy atom. The second kappa shape index (κ2) is 18.9. The zero-order chi connectivity index (χ0) is 31.0. The summed E-state index contributed by atoms with van der Waals surface area (Å²) in [4.78, 5) is 0. The fourth-order valence-corrected chi connectivity index (χ4v) is 3.40. The van der Waals surface area contributed by atoms with Gasteiger partial charge in [-0.1, -0.05) is 110 Å². The summed E-state index contributed by atoms with van der Waals surface area (Å²) in [6.07, 6.45) is 13.6. The first-order chi connectivity index (χ1) is 18.6. The van der Waals surface area contributed by atoms with E-state index in [1.165, 1.54) is 31.1 Å². The van der Waals surface area contributed by atoms with Crippen LogP contribution in [-0.2, 0) is 4.74 Å². The van der Waals surface area contributed by atoms with E-state index < -0.39 is 23.2 Å². The predicted octanol–water partition coefficient (Wildman–Crippen LogP) is 11.9. The van der Waals surface area contributed by atoms with Gasteiger partial charge in [-0.05, 0) is 72.8 Å². The lowest BCUT2D eigenvalue weighted by molar-refractivity contribution is 0.213. The molecule has 0 aromatic carbocycles. The van der Waals surface area contributed by atoms with E-state index in [1.807, 2.05) is 32.1 Å². The van der Waals surface area contributed by atoms with E-state index in [-0.39, 0.29) is 23.3 Å². The topological polar surface area (TPSA) is 9.23 Å². The van der Waals surface area contributed by atoms with Gasteiger partial charge >= 0.3 is 0 Å². The van der Waals surface area contributed by atoms with Crippen molar-refractivity contribution in [2.24, 2.45) is 17.8 Å². The Bertz CT molecular complexity index is 1100. The zero-order valence-electron chi connectivity index (χ0n) is 25.5. The van der Waals surface area contributed by atoms with E-state index >= 15 is 0 Å². The Morgan fingerprint density at radius 2 is 1.38 bits per heavy atom. The maximum absolute atomic E-state index is 14.9. The lowest BCUT2D eigenvalue weighted by Crippen LogP contribution is -2.08. The summed E-state index contributed by atoms with van der Waals surface area (Å²) in [6.45, 7) is 35.2. The predicted molar refractivity (Wildman–Crippen MR) is 169 cm³/mol. The highest BCUT2D eigenvalue weighted by Crippen LogP contribution is 2.29. The van der Waals surface area contributed by atoms with Crippen molar-refractivity contribution in [1.82, 2.24) is 0 Å². The number of allylic oxidation sites excluding steroid dienone is 14. The first-order valence-electron chi connectivity index (χ1n) is 13.8.